The molecule has 3 aliphatic rings. The highest BCUT2D eigenvalue weighted by Crippen LogP contribution is 2.40. The molecular formula is C18H22N6O2. The predicted molar refractivity (Wildman–Crippen MR) is 95.3 cm³/mol. The van der Waals surface area contributed by atoms with Gasteiger partial charge in [0.2, 0.25) is 5.95 Å². The molecule has 2 saturated heterocycles. The molecule has 2 aromatic rings. The lowest BCUT2D eigenvalue weighted by Crippen LogP contribution is -2.42. The van der Waals surface area contributed by atoms with Gasteiger partial charge in [-0.1, -0.05) is 0 Å². The Bertz CT molecular complexity index is 783. The van der Waals surface area contributed by atoms with E-state index in [-0.39, 0.29) is 5.41 Å². The monoisotopic (exact) mass is 354 g/mol. The number of rotatable bonds is 2. The maximum atomic E-state index is 5.93. The van der Waals surface area contributed by atoms with Crippen LogP contribution in [0.25, 0.3) is 0 Å². The van der Waals surface area contributed by atoms with Crippen molar-refractivity contribution in [2.75, 3.05) is 55.8 Å². The van der Waals surface area contributed by atoms with Gasteiger partial charge in [-0.15, -0.1) is 0 Å². The Labute approximate surface area is 152 Å². The Hall–Kier alpha value is -2.32. The molecule has 8 nitrogen and oxygen atoms in total. The van der Waals surface area contributed by atoms with Crippen LogP contribution < -0.4 is 9.80 Å². The lowest BCUT2D eigenvalue weighted by Gasteiger charge is -2.35. The van der Waals surface area contributed by atoms with Crippen LogP contribution in [0.2, 0.25) is 0 Å². The van der Waals surface area contributed by atoms with Gasteiger partial charge in [0.1, 0.15) is 12.1 Å². The first-order valence-corrected chi connectivity index (χ1v) is 9.12. The van der Waals surface area contributed by atoms with E-state index in [0.717, 1.165) is 68.8 Å². The Morgan fingerprint density at radius 1 is 1.04 bits per heavy atom. The summed E-state index contributed by atoms with van der Waals surface area (Å²) < 4.78 is 11.4. The predicted octanol–water partition coefficient (Wildman–Crippen LogP) is 0.781. The Morgan fingerprint density at radius 3 is 2.81 bits per heavy atom. The van der Waals surface area contributed by atoms with Crippen LogP contribution in [0.1, 0.15) is 17.7 Å². The fraction of sp³-hybridized carbons (Fsp3) is 0.556. The maximum absolute atomic E-state index is 5.93. The molecule has 5 rings (SSSR count). The van der Waals surface area contributed by atoms with Crippen molar-refractivity contribution in [2.45, 2.75) is 18.4 Å². The topological polar surface area (TPSA) is 76.5 Å². The van der Waals surface area contributed by atoms with E-state index in [4.69, 9.17) is 14.5 Å². The molecule has 5 heterocycles. The number of aromatic nitrogens is 4. The van der Waals surface area contributed by atoms with Gasteiger partial charge in [0.25, 0.3) is 0 Å². The van der Waals surface area contributed by atoms with Crippen LogP contribution >= 0.6 is 0 Å². The summed E-state index contributed by atoms with van der Waals surface area (Å²) in [4.78, 5) is 22.6. The number of morpholine rings is 1. The SMILES string of the molecule is c1cc(N2CC[C@@]3(COCc4cnc(N5CCOCC5)nc43)C2)ncn1. The van der Waals surface area contributed by atoms with E-state index in [2.05, 4.69) is 24.8 Å². The molecule has 1 spiro atoms. The van der Waals surface area contributed by atoms with Gasteiger partial charge in [-0.25, -0.2) is 19.9 Å². The molecule has 2 fully saturated rings. The molecule has 26 heavy (non-hydrogen) atoms. The second kappa shape index (κ2) is 6.44. The first-order chi connectivity index (χ1) is 12.8. The van der Waals surface area contributed by atoms with Crippen LogP contribution in [-0.2, 0) is 21.5 Å². The molecule has 0 aliphatic carbocycles. The van der Waals surface area contributed by atoms with Crippen molar-refractivity contribution in [1.82, 2.24) is 19.9 Å². The maximum Gasteiger partial charge on any atom is 0.225 e. The summed E-state index contributed by atoms with van der Waals surface area (Å²) in [6.07, 6.45) is 6.34. The fourth-order valence-electron chi connectivity index (χ4n) is 4.15. The standard InChI is InChI=1S/C18H22N6O2/c1-3-19-13-21-15(1)24-4-2-18(11-24)12-26-10-14-9-20-17(22-16(14)18)23-5-7-25-8-6-23/h1,3,9,13H,2,4-8,10-12H2/t18-/m0/s1. The smallest absolute Gasteiger partial charge is 0.225 e. The highest BCUT2D eigenvalue weighted by atomic mass is 16.5. The lowest BCUT2D eigenvalue weighted by molar-refractivity contribution is 0.0556. The van der Waals surface area contributed by atoms with Crippen LogP contribution in [0.5, 0.6) is 0 Å². The van der Waals surface area contributed by atoms with E-state index in [1.807, 2.05) is 12.3 Å². The Kier molecular flexibility index (Phi) is 3.94. The third-order valence-corrected chi connectivity index (χ3v) is 5.53. The number of anilines is 2. The van der Waals surface area contributed by atoms with Gasteiger partial charge >= 0.3 is 0 Å². The number of fused-ring (bicyclic) bond motifs is 2. The number of hydrogen-bond acceptors (Lipinski definition) is 8. The van der Waals surface area contributed by atoms with Gasteiger partial charge in [0.05, 0.1) is 37.5 Å². The zero-order valence-electron chi connectivity index (χ0n) is 14.7. The summed E-state index contributed by atoms with van der Waals surface area (Å²) in [5, 5.41) is 0. The zero-order valence-corrected chi connectivity index (χ0v) is 14.7. The van der Waals surface area contributed by atoms with Crippen LogP contribution in [0.3, 0.4) is 0 Å². The molecule has 0 amide bonds. The van der Waals surface area contributed by atoms with Crippen LogP contribution in [0.15, 0.2) is 24.8 Å². The highest BCUT2D eigenvalue weighted by Gasteiger charge is 2.45. The van der Waals surface area contributed by atoms with Crippen molar-refractivity contribution in [3.63, 3.8) is 0 Å². The minimum atomic E-state index is -0.0947. The summed E-state index contributed by atoms with van der Waals surface area (Å²) in [5.74, 6) is 1.78. The summed E-state index contributed by atoms with van der Waals surface area (Å²) in [6, 6.07) is 1.96. The van der Waals surface area contributed by atoms with E-state index in [1.54, 1.807) is 12.5 Å². The second-order valence-corrected chi connectivity index (χ2v) is 7.16. The summed E-state index contributed by atoms with van der Waals surface area (Å²) in [7, 11) is 0. The summed E-state index contributed by atoms with van der Waals surface area (Å²) in [5.41, 5.74) is 2.16. The van der Waals surface area contributed by atoms with Crippen molar-refractivity contribution in [3.05, 3.63) is 36.0 Å². The molecule has 0 N–H and O–H groups in total. The van der Waals surface area contributed by atoms with Crippen LogP contribution in [0.4, 0.5) is 11.8 Å². The van der Waals surface area contributed by atoms with E-state index in [0.29, 0.717) is 13.2 Å². The quantitative estimate of drug-likeness (QED) is 0.783. The number of ether oxygens (including phenoxy) is 2. The average molecular weight is 354 g/mol. The van der Waals surface area contributed by atoms with Crippen molar-refractivity contribution in [2.24, 2.45) is 0 Å². The van der Waals surface area contributed by atoms with Crippen molar-refractivity contribution in [3.8, 4) is 0 Å². The van der Waals surface area contributed by atoms with E-state index < -0.39 is 0 Å². The number of hydrogen-bond donors (Lipinski definition) is 0. The van der Waals surface area contributed by atoms with E-state index >= 15 is 0 Å². The van der Waals surface area contributed by atoms with E-state index in [9.17, 15) is 0 Å². The molecule has 136 valence electrons. The second-order valence-electron chi connectivity index (χ2n) is 7.16. The minimum Gasteiger partial charge on any atom is -0.378 e. The van der Waals surface area contributed by atoms with E-state index in [1.165, 1.54) is 0 Å². The van der Waals surface area contributed by atoms with Crippen molar-refractivity contribution < 1.29 is 9.47 Å². The summed E-state index contributed by atoms with van der Waals surface area (Å²) >= 11 is 0. The van der Waals surface area contributed by atoms with Gasteiger partial charge < -0.3 is 19.3 Å². The molecule has 0 bridgehead atoms. The third kappa shape index (κ3) is 2.69. The first-order valence-electron chi connectivity index (χ1n) is 9.12. The zero-order chi connectivity index (χ0) is 17.4. The van der Waals surface area contributed by atoms with Crippen molar-refractivity contribution >= 4 is 11.8 Å². The molecular weight excluding hydrogens is 332 g/mol. The average Bonchev–Trinajstić information content (AvgIpc) is 3.14. The largest absolute Gasteiger partial charge is 0.378 e. The van der Waals surface area contributed by atoms with Gasteiger partial charge in [-0.2, -0.15) is 0 Å². The molecule has 3 aliphatic heterocycles. The van der Waals surface area contributed by atoms with Crippen LogP contribution in [0, 0.1) is 0 Å². The van der Waals surface area contributed by atoms with Gasteiger partial charge in [-0.05, 0) is 12.5 Å². The van der Waals surface area contributed by atoms with Gasteiger partial charge in [0.15, 0.2) is 0 Å². The Morgan fingerprint density at radius 2 is 1.96 bits per heavy atom. The first kappa shape index (κ1) is 15.9. The molecule has 0 saturated carbocycles. The minimum absolute atomic E-state index is 0.0947. The normalized spacial score (nSPS) is 25.5. The molecule has 2 aromatic heterocycles. The molecule has 0 unspecified atom stereocenters. The van der Waals surface area contributed by atoms with Gasteiger partial charge in [-0.3, -0.25) is 0 Å². The highest BCUT2D eigenvalue weighted by molar-refractivity contribution is 5.45. The van der Waals surface area contributed by atoms with Gasteiger partial charge in [0, 0.05) is 44.1 Å². The molecule has 0 radical (unpaired) electrons. The number of nitrogens with zero attached hydrogens (tertiary/aromatic N) is 6. The van der Waals surface area contributed by atoms with Crippen LogP contribution in [-0.4, -0.2) is 65.9 Å². The lowest BCUT2D eigenvalue weighted by atomic mass is 9.80. The Balaban J connectivity index is 1.47. The molecule has 0 aromatic carbocycles. The summed E-state index contributed by atoms with van der Waals surface area (Å²) in [6.45, 7) is 6.24. The fourth-order valence-corrected chi connectivity index (χ4v) is 4.15. The van der Waals surface area contributed by atoms with Crippen molar-refractivity contribution in [1.29, 1.82) is 0 Å². The molecule has 1 atom stereocenters. The third-order valence-electron chi connectivity index (χ3n) is 5.53. The molecule has 8 heteroatoms.